The van der Waals surface area contributed by atoms with Crippen LogP contribution in [0.3, 0.4) is 0 Å². The van der Waals surface area contributed by atoms with Gasteiger partial charge in [-0.3, -0.25) is 4.79 Å². The number of hydrogen-bond acceptors (Lipinski definition) is 6. The van der Waals surface area contributed by atoms with Crippen molar-refractivity contribution in [3.8, 4) is 5.75 Å². The van der Waals surface area contributed by atoms with E-state index in [2.05, 4.69) is 14.9 Å². The average Bonchev–Trinajstić information content (AvgIpc) is 3.04. The highest BCUT2D eigenvalue weighted by atomic mass is 16.5. The number of ether oxygens (including phenoxy) is 2. The van der Waals surface area contributed by atoms with Crippen LogP contribution in [-0.4, -0.2) is 29.8 Å². The van der Waals surface area contributed by atoms with E-state index in [1.165, 1.54) is 7.11 Å². The van der Waals surface area contributed by atoms with Gasteiger partial charge in [-0.1, -0.05) is 23.4 Å². The van der Waals surface area contributed by atoms with Gasteiger partial charge < -0.3 is 14.0 Å². The van der Waals surface area contributed by atoms with E-state index in [4.69, 9.17) is 9.26 Å². The Hall–Kier alpha value is -2.37. The number of methoxy groups -OCH3 is 1. The SMILES string of the molecule is COC(=O)Cc1nc(C2COc3ccccc32)no1. The molecule has 98 valence electrons. The summed E-state index contributed by atoms with van der Waals surface area (Å²) in [7, 11) is 1.32. The maximum absolute atomic E-state index is 11.1. The molecule has 1 aliphatic rings. The first-order valence-corrected chi connectivity index (χ1v) is 5.89. The van der Waals surface area contributed by atoms with Crippen molar-refractivity contribution in [3.05, 3.63) is 41.5 Å². The van der Waals surface area contributed by atoms with E-state index in [-0.39, 0.29) is 18.2 Å². The number of aromatic nitrogens is 2. The van der Waals surface area contributed by atoms with E-state index < -0.39 is 5.97 Å². The molecule has 1 aliphatic heterocycles. The first-order valence-electron chi connectivity index (χ1n) is 5.89. The molecule has 0 spiro atoms. The summed E-state index contributed by atoms with van der Waals surface area (Å²) >= 11 is 0. The normalized spacial score (nSPS) is 16.8. The highest BCUT2D eigenvalue weighted by molar-refractivity contribution is 5.71. The number of para-hydroxylation sites is 1. The number of rotatable bonds is 3. The van der Waals surface area contributed by atoms with Crippen molar-refractivity contribution in [1.29, 1.82) is 0 Å². The summed E-state index contributed by atoms with van der Waals surface area (Å²) in [5.41, 5.74) is 1.04. The van der Waals surface area contributed by atoms with Crippen LogP contribution in [0.1, 0.15) is 23.2 Å². The zero-order valence-corrected chi connectivity index (χ0v) is 10.3. The van der Waals surface area contributed by atoms with Gasteiger partial charge in [0.15, 0.2) is 5.82 Å². The van der Waals surface area contributed by atoms with Crippen LogP contribution in [-0.2, 0) is 16.0 Å². The molecule has 1 aromatic heterocycles. The fraction of sp³-hybridized carbons (Fsp3) is 0.308. The Kier molecular flexibility index (Phi) is 2.91. The third-order valence-electron chi connectivity index (χ3n) is 3.02. The molecular formula is C13H12N2O4. The van der Waals surface area contributed by atoms with E-state index >= 15 is 0 Å². The van der Waals surface area contributed by atoms with Crippen molar-refractivity contribution >= 4 is 5.97 Å². The standard InChI is InChI=1S/C13H12N2O4/c1-17-12(16)6-11-14-13(15-19-11)9-7-18-10-5-3-2-4-8(9)10/h2-5,9H,6-7H2,1H3. The van der Waals surface area contributed by atoms with Crippen molar-refractivity contribution in [2.24, 2.45) is 0 Å². The zero-order valence-electron chi connectivity index (χ0n) is 10.3. The van der Waals surface area contributed by atoms with E-state index in [1.807, 2.05) is 24.3 Å². The summed E-state index contributed by atoms with van der Waals surface area (Å²) in [6, 6.07) is 7.74. The molecule has 0 saturated carbocycles. The molecule has 6 heteroatoms. The Labute approximate surface area is 109 Å². The molecule has 1 atom stereocenters. The van der Waals surface area contributed by atoms with Crippen LogP contribution in [0.2, 0.25) is 0 Å². The van der Waals surface area contributed by atoms with Gasteiger partial charge in [0.05, 0.1) is 13.0 Å². The Morgan fingerprint density at radius 1 is 1.47 bits per heavy atom. The van der Waals surface area contributed by atoms with Crippen LogP contribution in [0.15, 0.2) is 28.8 Å². The molecular weight excluding hydrogens is 248 g/mol. The van der Waals surface area contributed by atoms with E-state index in [0.717, 1.165) is 11.3 Å². The van der Waals surface area contributed by atoms with Gasteiger partial charge in [-0.15, -0.1) is 0 Å². The molecule has 19 heavy (non-hydrogen) atoms. The summed E-state index contributed by atoms with van der Waals surface area (Å²) < 4.78 is 15.2. The van der Waals surface area contributed by atoms with Crippen molar-refractivity contribution in [2.75, 3.05) is 13.7 Å². The van der Waals surface area contributed by atoms with Gasteiger partial charge in [-0.25, -0.2) is 0 Å². The summed E-state index contributed by atoms with van der Waals surface area (Å²) in [4.78, 5) is 15.4. The highest BCUT2D eigenvalue weighted by Gasteiger charge is 2.29. The topological polar surface area (TPSA) is 74.5 Å². The molecule has 0 radical (unpaired) electrons. The van der Waals surface area contributed by atoms with E-state index in [0.29, 0.717) is 12.4 Å². The number of benzene rings is 1. The fourth-order valence-electron chi connectivity index (χ4n) is 2.05. The number of fused-ring (bicyclic) bond motifs is 1. The number of esters is 1. The van der Waals surface area contributed by atoms with Crippen LogP contribution in [0, 0.1) is 0 Å². The molecule has 0 amide bonds. The van der Waals surface area contributed by atoms with Crippen molar-refractivity contribution in [1.82, 2.24) is 10.1 Å². The number of carbonyl (C=O) groups excluding carboxylic acids is 1. The van der Waals surface area contributed by atoms with Gasteiger partial charge in [0.2, 0.25) is 5.89 Å². The summed E-state index contributed by atoms with van der Waals surface area (Å²) in [6.07, 6.45) is -0.0152. The van der Waals surface area contributed by atoms with Gasteiger partial charge in [0, 0.05) is 5.56 Å². The lowest BCUT2D eigenvalue weighted by Crippen LogP contribution is -2.07. The molecule has 2 aromatic rings. The first kappa shape index (κ1) is 11.7. The number of hydrogen-bond donors (Lipinski definition) is 0. The predicted octanol–water partition coefficient (Wildman–Crippen LogP) is 1.31. The van der Waals surface area contributed by atoms with Crippen LogP contribution in [0.25, 0.3) is 0 Å². The second kappa shape index (κ2) is 4.72. The van der Waals surface area contributed by atoms with Crippen molar-refractivity contribution in [2.45, 2.75) is 12.3 Å². The predicted molar refractivity (Wildman–Crippen MR) is 63.8 cm³/mol. The Balaban J connectivity index is 1.83. The molecule has 2 heterocycles. The molecule has 1 aromatic carbocycles. The monoisotopic (exact) mass is 260 g/mol. The van der Waals surface area contributed by atoms with Gasteiger partial charge in [-0.2, -0.15) is 4.98 Å². The molecule has 0 saturated heterocycles. The second-order valence-electron chi connectivity index (χ2n) is 4.20. The average molecular weight is 260 g/mol. The lowest BCUT2D eigenvalue weighted by atomic mass is 10.0. The first-order chi connectivity index (χ1) is 9.28. The lowest BCUT2D eigenvalue weighted by molar-refractivity contribution is -0.140. The molecule has 0 bridgehead atoms. The van der Waals surface area contributed by atoms with Gasteiger partial charge in [-0.05, 0) is 6.07 Å². The van der Waals surface area contributed by atoms with Crippen LogP contribution in [0.5, 0.6) is 5.75 Å². The largest absolute Gasteiger partial charge is 0.492 e. The Morgan fingerprint density at radius 3 is 3.16 bits per heavy atom. The van der Waals surface area contributed by atoms with Gasteiger partial charge in [0.1, 0.15) is 18.8 Å². The third-order valence-corrected chi connectivity index (χ3v) is 3.02. The minimum Gasteiger partial charge on any atom is -0.492 e. The maximum Gasteiger partial charge on any atom is 0.315 e. The van der Waals surface area contributed by atoms with Crippen LogP contribution >= 0.6 is 0 Å². The smallest absolute Gasteiger partial charge is 0.315 e. The summed E-state index contributed by atoms with van der Waals surface area (Å²) in [6.45, 7) is 0.483. The minimum absolute atomic E-state index is 0.0152. The maximum atomic E-state index is 11.1. The molecule has 0 aliphatic carbocycles. The van der Waals surface area contributed by atoms with Crippen LogP contribution in [0.4, 0.5) is 0 Å². The zero-order chi connectivity index (χ0) is 13.2. The lowest BCUT2D eigenvalue weighted by Gasteiger charge is -2.01. The van der Waals surface area contributed by atoms with Crippen LogP contribution < -0.4 is 4.74 Å². The Morgan fingerprint density at radius 2 is 2.32 bits per heavy atom. The third kappa shape index (κ3) is 2.16. The summed E-state index contributed by atoms with van der Waals surface area (Å²) in [5.74, 6) is 1.17. The van der Waals surface area contributed by atoms with E-state index in [1.54, 1.807) is 0 Å². The highest BCUT2D eigenvalue weighted by Crippen LogP contribution is 2.36. The molecule has 1 unspecified atom stereocenters. The van der Waals surface area contributed by atoms with Crippen molar-refractivity contribution < 1.29 is 18.8 Å². The number of carbonyl (C=O) groups is 1. The van der Waals surface area contributed by atoms with Crippen molar-refractivity contribution in [3.63, 3.8) is 0 Å². The summed E-state index contributed by atoms with van der Waals surface area (Å²) in [5, 5.41) is 3.91. The minimum atomic E-state index is -0.404. The molecule has 6 nitrogen and oxygen atoms in total. The molecule has 0 fully saturated rings. The number of nitrogens with zero attached hydrogens (tertiary/aromatic N) is 2. The Bertz CT molecular complexity index is 608. The molecule has 3 rings (SSSR count). The van der Waals surface area contributed by atoms with Gasteiger partial charge >= 0.3 is 5.97 Å². The fourth-order valence-corrected chi connectivity index (χ4v) is 2.05. The van der Waals surface area contributed by atoms with Gasteiger partial charge in [0.25, 0.3) is 0 Å². The quantitative estimate of drug-likeness (QED) is 0.774. The van der Waals surface area contributed by atoms with E-state index in [9.17, 15) is 4.79 Å². The second-order valence-corrected chi connectivity index (χ2v) is 4.20. The molecule has 0 N–H and O–H groups in total.